The lowest BCUT2D eigenvalue weighted by Crippen LogP contribution is -2.39. The van der Waals surface area contributed by atoms with Crippen LogP contribution in [0.5, 0.6) is 0 Å². The molecule has 1 aliphatic rings. The van der Waals surface area contributed by atoms with Crippen LogP contribution in [0.2, 0.25) is 0 Å². The fourth-order valence-corrected chi connectivity index (χ4v) is 2.84. The zero-order chi connectivity index (χ0) is 13.5. The first-order valence-corrected chi connectivity index (χ1v) is 7.63. The maximum atomic E-state index is 4.52. The summed E-state index contributed by atoms with van der Waals surface area (Å²) in [6.07, 6.45) is 5.83. The summed E-state index contributed by atoms with van der Waals surface area (Å²) >= 11 is 0. The number of rotatable bonds is 6. The minimum absolute atomic E-state index is 0.810. The second-order valence-corrected chi connectivity index (χ2v) is 5.71. The molecule has 0 amide bonds. The van der Waals surface area contributed by atoms with Crippen molar-refractivity contribution in [1.29, 1.82) is 0 Å². The van der Waals surface area contributed by atoms with Crippen molar-refractivity contribution >= 4 is 0 Å². The highest BCUT2D eigenvalue weighted by Gasteiger charge is 2.20. The highest BCUT2D eigenvalue weighted by Crippen LogP contribution is 2.18. The van der Waals surface area contributed by atoms with Gasteiger partial charge in [-0.3, -0.25) is 9.88 Å². The molecule has 0 radical (unpaired) electrons. The quantitative estimate of drug-likeness (QED) is 0.798. The summed E-state index contributed by atoms with van der Waals surface area (Å²) in [5, 5.41) is 3.56. The summed E-state index contributed by atoms with van der Waals surface area (Å²) in [7, 11) is 0. The van der Waals surface area contributed by atoms with Gasteiger partial charge in [0, 0.05) is 19.3 Å². The van der Waals surface area contributed by atoms with E-state index in [1.807, 2.05) is 12.3 Å². The van der Waals surface area contributed by atoms with E-state index in [4.69, 9.17) is 0 Å². The smallest absolute Gasteiger partial charge is 0.0573 e. The number of hydrogen-bond acceptors (Lipinski definition) is 3. The first-order valence-electron chi connectivity index (χ1n) is 7.63. The maximum absolute atomic E-state index is 4.52. The first-order chi connectivity index (χ1) is 9.29. The number of aromatic nitrogens is 1. The third-order valence-electron chi connectivity index (χ3n) is 3.95. The Labute approximate surface area is 117 Å². The second kappa shape index (κ2) is 7.61. The average Bonchev–Trinajstić information content (AvgIpc) is 2.42. The molecule has 106 valence electrons. The molecule has 1 fully saturated rings. The SMILES string of the molecule is CCCNCC1CCCN(Cc2ncccc2C)C1. The molecule has 0 aliphatic carbocycles. The van der Waals surface area contributed by atoms with Crippen LogP contribution in [-0.4, -0.2) is 36.1 Å². The Morgan fingerprint density at radius 3 is 3.16 bits per heavy atom. The lowest BCUT2D eigenvalue weighted by Gasteiger charge is -2.32. The molecule has 1 N–H and O–H groups in total. The minimum atomic E-state index is 0.810. The Morgan fingerprint density at radius 1 is 1.47 bits per heavy atom. The average molecular weight is 261 g/mol. The summed E-state index contributed by atoms with van der Waals surface area (Å²) in [4.78, 5) is 7.08. The van der Waals surface area contributed by atoms with Crippen LogP contribution < -0.4 is 5.32 Å². The van der Waals surface area contributed by atoms with Gasteiger partial charge >= 0.3 is 0 Å². The lowest BCUT2D eigenvalue weighted by molar-refractivity contribution is 0.163. The van der Waals surface area contributed by atoms with Gasteiger partial charge in [0.05, 0.1) is 5.69 Å². The van der Waals surface area contributed by atoms with Crippen LogP contribution in [0.25, 0.3) is 0 Å². The van der Waals surface area contributed by atoms with Gasteiger partial charge in [0.25, 0.3) is 0 Å². The van der Waals surface area contributed by atoms with Gasteiger partial charge < -0.3 is 5.32 Å². The molecule has 1 saturated heterocycles. The third kappa shape index (κ3) is 4.59. The molecule has 2 rings (SSSR count). The van der Waals surface area contributed by atoms with Crippen LogP contribution in [0.4, 0.5) is 0 Å². The molecular weight excluding hydrogens is 234 g/mol. The topological polar surface area (TPSA) is 28.2 Å². The molecule has 1 unspecified atom stereocenters. The van der Waals surface area contributed by atoms with Gasteiger partial charge in [0.2, 0.25) is 0 Å². The molecule has 1 aromatic rings. The van der Waals surface area contributed by atoms with E-state index in [1.54, 1.807) is 0 Å². The number of aryl methyl sites for hydroxylation is 1. The largest absolute Gasteiger partial charge is 0.316 e. The fraction of sp³-hybridized carbons (Fsp3) is 0.688. The summed E-state index contributed by atoms with van der Waals surface area (Å²) in [6, 6.07) is 4.18. The van der Waals surface area contributed by atoms with E-state index < -0.39 is 0 Å². The van der Waals surface area contributed by atoms with Crippen LogP contribution in [-0.2, 0) is 6.54 Å². The summed E-state index contributed by atoms with van der Waals surface area (Å²) in [6.45, 7) is 10.2. The number of hydrogen-bond donors (Lipinski definition) is 1. The molecule has 19 heavy (non-hydrogen) atoms. The van der Waals surface area contributed by atoms with E-state index >= 15 is 0 Å². The van der Waals surface area contributed by atoms with Crippen LogP contribution in [0.3, 0.4) is 0 Å². The molecule has 1 atom stereocenters. The van der Waals surface area contributed by atoms with E-state index in [0.717, 1.165) is 19.0 Å². The lowest BCUT2D eigenvalue weighted by atomic mass is 9.97. The van der Waals surface area contributed by atoms with Crippen molar-refractivity contribution in [2.75, 3.05) is 26.2 Å². The second-order valence-electron chi connectivity index (χ2n) is 5.71. The molecule has 1 aromatic heterocycles. The number of likely N-dealkylation sites (tertiary alicyclic amines) is 1. The number of nitrogens with zero attached hydrogens (tertiary/aromatic N) is 2. The third-order valence-corrected chi connectivity index (χ3v) is 3.95. The van der Waals surface area contributed by atoms with E-state index in [-0.39, 0.29) is 0 Å². The molecule has 3 heteroatoms. The number of piperidine rings is 1. The molecular formula is C16H27N3. The summed E-state index contributed by atoms with van der Waals surface area (Å²) in [5.41, 5.74) is 2.55. The van der Waals surface area contributed by atoms with Crippen molar-refractivity contribution in [3.63, 3.8) is 0 Å². The molecule has 3 nitrogen and oxygen atoms in total. The van der Waals surface area contributed by atoms with Crippen LogP contribution in [0, 0.1) is 12.8 Å². The van der Waals surface area contributed by atoms with Gasteiger partial charge in [-0.1, -0.05) is 13.0 Å². The van der Waals surface area contributed by atoms with Crippen molar-refractivity contribution in [1.82, 2.24) is 15.2 Å². The van der Waals surface area contributed by atoms with Crippen LogP contribution in [0.1, 0.15) is 37.4 Å². The highest BCUT2D eigenvalue weighted by atomic mass is 15.1. The monoisotopic (exact) mass is 261 g/mol. The number of pyridine rings is 1. The van der Waals surface area contributed by atoms with E-state index in [0.29, 0.717) is 0 Å². The zero-order valence-corrected chi connectivity index (χ0v) is 12.4. The van der Waals surface area contributed by atoms with Crippen LogP contribution in [0.15, 0.2) is 18.3 Å². The van der Waals surface area contributed by atoms with Crippen molar-refractivity contribution < 1.29 is 0 Å². The van der Waals surface area contributed by atoms with E-state index in [1.165, 1.54) is 50.2 Å². The zero-order valence-electron chi connectivity index (χ0n) is 12.4. The fourth-order valence-electron chi connectivity index (χ4n) is 2.84. The summed E-state index contributed by atoms with van der Waals surface area (Å²) < 4.78 is 0. The maximum Gasteiger partial charge on any atom is 0.0573 e. The standard InChI is InChI=1S/C16H27N3/c1-3-8-17-11-15-7-5-10-19(12-15)13-16-14(2)6-4-9-18-16/h4,6,9,15,17H,3,5,7-8,10-13H2,1-2H3. The van der Waals surface area contributed by atoms with E-state index in [9.17, 15) is 0 Å². The normalized spacial score (nSPS) is 20.6. The van der Waals surface area contributed by atoms with Gasteiger partial charge in [-0.25, -0.2) is 0 Å². The molecule has 0 bridgehead atoms. The van der Waals surface area contributed by atoms with Crippen molar-refractivity contribution in [3.05, 3.63) is 29.6 Å². The Balaban J connectivity index is 1.82. The van der Waals surface area contributed by atoms with Crippen LogP contribution >= 0.6 is 0 Å². The van der Waals surface area contributed by atoms with Gasteiger partial charge in [-0.2, -0.15) is 0 Å². The molecule has 2 heterocycles. The van der Waals surface area contributed by atoms with Gasteiger partial charge in [0.15, 0.2) is 0 Å². The Bertz CT molecular complexity index is 378. The predicted octanol–water partition coefficient (Wildman–Crippen LogP) is 2.60. The van der Waals surface area contributed by atoms with Crippen molar-refractivity contribution in [2.24, 2.45) is 5.92 Å². The van der Waals surface area contributed by atoms with Gasteiger partial charge in [-0.15, -0.1) is 0 Å². The Hall–Kier alpha value is -0.930. The molecule has 0 aromatic carbocycles. The Kier molecular flexibility index (Phi) is 5.80. The summed E-state index contributed by atoms with van der Waals surface area (Å²) in [5.74, 6) is 0.810. The molecule has 0 spiro atoms. The number of nitrogens with one attached hydrogen (secondary N) is 1. The van der Waals surface area contributed by atoms with Gasteiger partial charge in [-0.05, 0) is 63.4 Å². The van der Waals surface area contributed by atoms with Crippen molar-refractivity contribution in [2.45, 2.75) is 39.7 Å². The first kappa shape index (κ1) is 14.5. The Morgan fingerprint density at radius 2 is 2.37 bits per heavy atom. The van der Waals surface area contributed by atoms with Gasteiger partial charge in [0.1, 0.15) is 0 Å². The molecule has 0 saturated carbocycles. The minimum Gasteiger partial charge on any atom is -0.316 e. The van der Waals surface area contributed by atoms with Crippen molar-refractivity contribution in [3.8, 4) is 0 Å². The highest BCUT2D eigenvalue weighted by molar-refractivity contribution is 5.17. The molecule has 1 aliphatic heterocycles. The predicted molar refractivity (Wildman–Crippen MR) is 80.1 cm³/mol. The van der Waals surface area contributed by atoms with E-state index in [2.05, 4.69) is 35.1 Å².